The second-order valence-corrected chi connectivity index (χ2v) is 5.51. The molecule has 1 aromatic rings. The summed E-state index contributed by atoms with van der Waals surface area (Å²) in [6, 6.07) is 3.69. The Morgan fingerprint density at radius 2 is 2.21 bits per heavy atom. The van der Waals surface area contributed by atoms with Crippen LogP contribution < -0.4 is 0 Å². The molecule has 2 rings (SSSR count). The first-order valence-electron chi connectivity index (χ1n) is 5.85. The molecule has 0 spiro atoms. The minimum absolute atomic E-state index is 0.162. The number of piperidine rings is 1. The molecule has 102 valence electrons. The summed E-state index contributed by atoms with van der Waals surface area (Å²) in [7, 11) is 1.52. The number of carboxylic acids is 1. The van der Waals surface area contributed by atoms with E-state index in [9.17, 15) is 19.1 Å². The molecule has 1 aliphatic rings. The maximum Gasteiger partial charge on any atom is 0.308 e. The summed E-state index contributed by atoms with van der Waals surface area (Å²) in [5.41, 5.74) is 0.242. The van der Waals surface area contributed by atoms with Crippen molar-refractivity contribution >= 4 is 27.8 Å². The van der Waals surface area contributed by atoms with E-state index >= 15 is 0 Å². The summed E-state index contributed by atoms with van der Waals surface area (Å²) in [5, 5.41) is 9.25. The van der Waals surface area contributed by atoms with Crippen LogP contribution in [0.4, 0.5) is 4.39 Å². The Morgan fingerprint density at radius 1 is 1.53 bits per heavy atom. The smallest absolute Gasteiger partial charge is 0.308 e. The molecule has 1 amide bonds. The average molecular weight is 330 g/mol. The van der Waals surface area contributed by atoms with Crippen molar-refractivity contribution in [2.75, 3.05) is 7.05 Å². The summed E-state index contributed by atoms with van der Waals surface area (Å²) in [6.45, 7) is 0. The average Bonchev–Trinajstić information content (AvgIpc) is 2.33. The number of nitrogens with zero attached hydrogens (tertiary/aromatic N) is 1. The minimum Gasteiger partial charge on any atom is -0.481 e. The Morgan fingerprint density at radius 3 is 2.79 bits per heavy atom. The fourth-order valence-electron chi connectivity index (χ4n) is 2.46. The SMILES string of the molecule is CN1C(=O)CCC(C(=O)O)C1c1ccc(Br)cc1F. The first-order chi connectivity index (χ1) is 8.91. The van der Waals surface area contributed by atoms with Crippen LogP contribution >= 0.6 is 15.9 Å². The number of carbonyl (C=O) groups is 2. The number of rotatable bonds is 2. The zero-order valence-electron chi connectivity index (χ0n) is 10.3. The summed E-state index contributed by atoms with van der Waals surface area (Å²) < 4.78 is 14.6. The molecule has 1 saturated heterocycles. The molecule has 1 N–H and O–H groups in total. The molecule has 0 radical (unpaired) electrons. The third-order valence-corrected chi connectivity index (χ3v) is 3.95. The van der Waals surface area contributed by atoms with Gasteiger partial charge in [0.1, 0.15) is 5.82 Å². The maximum atomic E-state index is 14.0. The van der Waals surface area contributed by atoms with Crippen LogP contribution in [0.2, 0.25) is 0 Å². The number of benzene rings is 1. The van der Waals surface area contributed by atoms with E-state index in [0.717, 1.165) is 0 Å². The van der Waals surface area contributed by atoms with Crippen molar-refractivity contribution in [2.45, 2.75) is 18.9 Å². The predicted molar refractivity (Wildman–Crippen MR) is 70.0 cm³/mol. The van der Waals surface area contributed by atoms with Crippen LogP contribution in [0.3, 0.4) is 0 Å². The van der Waals surface area contributed by atoms with Gasteiger partial charge in [-0.2, -0.15) is 0 Å². The van der Waals surface area contributed by atoms with Crippen molar-refractivity contribution in [3.8, 4) is 0 Å². The topological polar surface area (TPSA) is 57.6 Å². The van der Waals surface area contributed by atoms with Gasteiger partial charge >= 0.3 is 5.97 Å². The number of amides is 1. The molecule has 1 fully saturated rings. The highest BCUT2D eigenvalue weighted by molar-refractivity contribution is 9.10. The zero-order chi connectivity index (χ0) is 14.2. The van der Waals surface area contributed by atoms with E-state index in [1.807, 2.05) is 0 Å². The second-order valence-electron chi connectivity index (χ2n) is 4.60. The first-order valence-corrected chi connectivity index (χ1v) is 6.64. The number of carboxylic acid groups (broad SMARTS) is 1. The van der Waals surface area contributed by atoms with Crippen molar-refractivity contribution in [3.63, 3.8) is 0 Å². The maximum absolute atomic E-state index is 14.0. The molecule has 4 nitrogen and oxygen atoms in total. The highest BCUT2D eigenvalue weighted by Gasteiger charge is 2.40. The lowest BCUT2D eigenvalue weighted by Gasteiger charge is -2.37. The number of hydrogen-bond donors (Lipinski definition) is 1. The van der Waals surface area contributed by atoms with Gasteiger partial charge in [0.05, 0.1) is 12.0 Å². The Balaban J connectivity index is 2.46. The van der Waals surface area contributed by atoms with Gasteiger partial charge in [0.25, 0.3) is 0 Å². The molecule has 1 aliphatic heterocycles. The van der Waals surface area contributed by atoms with E-state index in [0.29, 0.717) is 4.47 Å². The molecule has 2 atom stereocenters. The number of halogens is 2. The second kappa shape index (κ2) is 5.28. The van der Waals surface area contributed by atoms with Crippen LogP contribution in [-0.2, 0) is 9.59 Å². The van der Waals surface area contributed by atoms with E-state index in [-0.39, 0.29) is 24.3 Å². The third-order valence-electron chi connectivity index (χ3n) is 3.46. The van der Waals surface area contributed by atoms with Gasteiger partial charge in [-0.05, 0) is 18.6 Å². The highest BCUT2D eigenvalue weighted by Crippen LogP contribution is 2.37. The van der Waals surface area contributed by atoms with Gasteiger partial charge in [-0.1, -0.05) is 22.0 Å². The highest BCUT2D eigenvalue weighted by atomic mass is 79.9. The Labute approximate surface area is 118 Å². The summed E-state index contributed by atoms with van der Waals surface area (Å²) in [6.07, 6.45) is 0.417. The van der Waals surface area contributed by atoms with Gasteiger partial charge in [0.2, 0.25) is 5.91 Å². The Kier molecular flexibility index (Phi) is 3.89. The normalized spacial score (nSPS) is 23.5. The summed E-state index contributed by atoms with van der Waals surface area (Å²) in [4.78, 5) is 24.4. The monoisotopic (exact) mass is 329 g/mol. The minimum atomic E-state index is -1.01. The van der Waals surface area contributed by atoms with Crippen LogP contribution in [0.1, 0.15) is 24.4 Å². The number of hydrogen-bond acceptors (Lipinski definition) is 2. The molecule has 2 unspecified atom stereocenters. The van der Waals surface area contributed by atoms with Gasteiger partial charge in [-0.25, -0.2) is 4.39 Å². The quantitative estimate of drug-likeness (QED) is 0.907. The molecule has 6 heteroatoms. The first kappa shape index (κ1) is 14.0. The van der Waals surface area contributed by atoms with Gasteiger partial charge < -0.3 is 10.0 Å². The van der Waals surface area contributed by atoms with Gasteiger partial charge in [0.15, 0.2) is 0 Å². The van der Waals surface area contributed by atoms with Crippen LogP contribution in [0.5, 0.6) is 0 Å². The number of likely N-dealkylation sites (tertiary alicyclic amines) is 1. The molecule has 19 heavy (non-hydrogen) atoms. The lowest BCUT2D eigenvalue weighted by molar-refractivity contribution is -0.150. The van der Waals surface area contributed by atoms with E-state index in [4.69, 9.17) is 0 Å². The van der Waals surface area contributed by atoms with Gasteiger partial charge in [0, 0.05) is 23.5 Å². The van der Waals surface area contributed by atoms with Crippen molar-refractivity contribution in [2.24, 2.45) is 5.92 Å². The van der Waals surface area contributed by atoms with Crippen molar-refractivity contribution in [1.29, 1.82) is 0 Å². The summed E-state index contributed by atoms with van der Waals surface area (Å²) >= 11 is 3.15. The van der Waals surface area contributed by atoms with E-state index in [1.54, 1.807) is 6.07 Å². The fraction of sp³-hybridized carbons (Fsp3) is 0.385. The standard InChI is InChI=1S/C13H13BrFNO3/c1-16-11(17)5-4-9(13(18)19)12(16)8-3-2-7(14)6-10(8)15/h2-3,6,9,12H,4-5H2,1H3,(H,18,19). The molecule has 0 bridgehead atoms. The van der Waals surface area contributed by atoms with Crippen molar-refractivity contribution in [3.05, 3.63) is 34.1 Å². The van der Waals surface area contributed by atoms with Gasteiger partial charge in [-0.3, -0.25) is 9.59 Å². The largest absolute Gasteiger partial charge is 0.481 e. The lowest BCUT2D eigenvalue weighted by atomic mass is 9.84. The Hall–Kier alpha value is -1.43. The molecule has 1 heterocycles. The molecule has 0 aromatic heterocycles. The number of aliphatic carboxylic acids is 1. The molecule has 0 aliphatic carbocycles. The van der Waals surface area contributed by atoms with Crippen LogP contribution in [-0.4, -0.2) is 28.9 Å². The molecular formula is C13H13BrFNO3. The van der Waals surface area contributed by atoms with Crippen LogP contribution in [0.15, 0.2) is 22.7 Å². The fourth-order valence-corrected chi connectivity index (χ4v) is 2.80. The summed E-state index contributed by atoms with van der Waals surface area (Å²) in [5.74, 6) is -2.46. The third kappa shape index (κ3) is 2.63. The van der Waals surface area contributed by atoms with E-state index in [2.05, 4.69) is 15.9 Å². The van der Waals surface area contributed by atoms with Crippen LogP contribution in [0, 0.1) is 11.7 Å². The predicted octanol–water partition coefficient (Wildman–Crippen LogP) is 2.58. The van der Waals surface area contributed by atoms with E-state index in [1.165, 1.54) is 24.1 Å². The Bertz CT molecular complexity index is 535. The van der Waals surface area contributed by atoms with Crippen LogP contribution in [0.25, 0.3) is 0 Å². The number of carbonyl (C=O) groups excluding carboxylic acids is 1. The lowest BCUT2D eigenvalue weighted by Crippen LogP contribution is -2.43. The van der Waals surface area contributed by atoms with Gasteiger partial charge in [-0.15, -0.1) is 0 Å². The van der Waals surface area contributed by atoms with Crippen molar-refractivity contribution in [1.82, 2.24) is 4.90 Å². The molecule has 0 saturated carbocycles. The van der Waals surface area contributed by atoms with E-state index < -0.39 is 23.7 Å². The molecular weight excluding hydrogens is 317 g/mol. The zero-order valence-corrected chi connectivity index (χ0v) is 11.9. The molecule has 1 aromatic carbocycles. The van der Waals surface area contributed by atoms with Crippen molar-refractivity contribution < 1.29 is 19.1 Å².